The van der Waals surface area contributed by atoms with Crippen LogP contribution in [0.15, 0.2) is 0 Å². The van der Waals surface area contributed by atoms with Crippen LogP contribution in [0.1, 0.15) is 46.0 Å². The zero-order valence-corrected chi connectivity index (χ0v) is 10.5. The highest BCUT2D eigenvalue weighted by Gasteiger charge is 2.67. The highest BCUT2D eigenvalue weighted by molar-refractivity contribution is 5.84. The fourth-order valence-corrected chi connectivity index (χ4v) is 5.38. The van der Waals surface area contributed by atoms with Gasteiger partial charge in [0.1, 0.15) is 5.78 Å². The molecule has 0 aromatic rings. The van der Waals surface area contributed by atoms with Gasteiger partial charge >= 0.3 is 5.97 Å². The fourth-order valence-electron chi connectivity index (χ4n) is 5.38. The zero-order valence-electron chi connectivity index (χ0n) is 10.5. The molecule has 3 heteroatoms. The second kappa shape index (κ2) is 3.12. The normalized spacial score (nSPS) is 46.9. The van der Waals surface area contributed by atoms with Gasteiger partial charge in [-0.1, -0.05) is 13.8 Å². The number of Topliss-reactive ketones (excluding diaryl/α,β-unsaturated/α-hetero) is 1. The molecule has 4 atom stereocenters. The first-order chi connectivity index (χ1) is 7.87. The molecule has 0 aromatic carbocycles. The van der Waals surface area contributed by atoms with Gasteiger partial charge in [0.15, 0.2) is 0 Å². The third-order valence-electron chi connectivity index (χ3n) is 5.74. The first kappa shape index (κ1) is 11.2. The minimum Gasteiger partial charge on any atom is -0.481 e. The molecule has 0 aliphatic heterocycles. The van der Waals surface area contributed by atoms with Gasteiger partial charge in [-0.15, -0.1) is 0 Å². The third-order valence-corrected chi connectivity index (χ3v) is 5.74. The molecule has 3 aliphatic rings. The number of carboxylic acids is 1. The molecular formula is C14H20O3. The molecule has 3 nitrogen and oxygen atoms in total. The number of rotatable bonds is 1. The Hall–Kier alpha value is -0.860. The van der Waals surface area contributed by atoms with Crippen LogP contribution in [0, 0.1) is 28.6 Å². The summed E-state index contributed by atoms with van der Waals surface area (Å²) < 4.78 is 0. The summed E-state index contributed by atoms with van der Waals surface area (Å²) in [6.07, 6.45) is 3.85. The van der Waals surface area contributed by atoms with Gasteiger partial charge in [0.2, 0.25) is 0 Å². The van der Waals surface area contributed by atoms with Gasteiger partial charge in [-0.25, -0.2) is 0 Å². The van der Waals surface area contributed by atoms with Crippen LogP contribution in [0.5, 0.6) is 0 Å². The van der Waals surface area contributed by atoms with E-state index in [9.17, 15) is 14.7 Å². The molecule has 4 unspecified atom stereocenters. The number of hydrogen-bond donors (Lipinski definition) is 1. The van der Waals surface area contributed by atoms with Crippen molar-refractivity contribution < 1.29 is 14.7 Å². The minimum absolute atomic E-state index is 0.199. The Balaban J connectivity index is 2.07. The van der Waals surface area contributed by atoms with E-state index in [1.807, 2.05) is 0 Å². The summed E-state index contributed by atoms with van der Waals surface area (Å²) in [4.78, 5) is 23.3. The number of hydrogen-bond acceptors (Lipinski definition) is 2. The Morgan fingerprint density at radius 2 is 2.00 bits per heavy atom. The Morgan fingerprint density at radius 1 is 1.29 bits per heavy atom. The van der Waals surface area contributed by atoms with Crippen molar-refractivity contribution in [1.82, 2.24) is 0 Å². The average Bonchev–Trinajstić information content (AvgIpc) is 2.54. The maximum atomic E-state index is 11.8. The maximum absolute atomic E-state index is 11.8. The minimum atomic E-state index is -0.680. The quantitative estimate of drug-likeness (QED) is 0.761. The molecule has 0 heterocycles. The van der Waals surface area contributed by atoms with Gasteiger partial charge in [-0.2, -0.15) is 0 Å². The summed E-state index contributed by atoms with van der Waals surface area (Å²) in [5.74, 6) is 0.242. The van der Waals surface area contributed by atoms with Crippen LogP contribution in [0.4, 0.5) is 0 Å². The number of carbonyl (C=O) groups is 2. The summed E-state index contributed by atoms with van der Waals surface area (Å²) in [5, 5.41) is 9.45. The molecule has 3 rings (SSSR count). The summed E-state index contributed by atoms with van der Waals surface area (Å²) in [7, 11) is 0. The van der Waals surface area contributed by atoms with Gasteiger partial charge in [0, 0.05) is 12.8 Å². The van der Waals surface area contributed by atoms with Crippen LogP contribution in [-0.4, -0.2) is 16.9 Å². The Kier molecular flexibility index (Phi) is 2.06. The van der Waals surface area contributed by atoms with E-state index >= 15 is 0 Å². The third kappa shape index (κ3) is 1.28. The molecule has 3 fully saturated rings. The van der Waals surface area contributed by atoms with Crippen molar-refractivity contribution in [2.75, 3.05) is 0 Å². The van der Waals surface area contributed by atoms with Gasteiger partial charge in [0.25, 0.3) is 0 Å². The Bertz CT molecular complexity index is 398. The molecule has 0 saturated heterocycles. The first-order valence-electron chi connectivity index (χ1n) is 6.61. The molecule has 0 spiro atoms. The van der Waals surface area contributed by atoms with Crippen LogP contribution in [0.2, 0.25) is 0 Å². The van der Waals surface area contributed by atoms with Crippen LogP contribution in [0.25, 0.3) is 0 Å². The van der Waals surface area contributed by atoms with Crippen molar-refractivity contribution in [1.29, 1.82) is 0 Å². The van der Waals surface area contributed by atoms with Crippen molar-refractivity contribution >= 4 is 11.8 Å². The second-order valence-electron chi connectivity index (χ2n) is 7.00. The summed E-state index contributed by atoms with van der Waals surface area (Å²) in [6.45, 7) is 4.51. The van der Waals surface area contributed by atoms with E-state index in [-0.39, 0.29) is 16.7 Å². The first-order valence-corrected chi connectivity index (χ1v) is 6.61. The van der Waals surface area contributed by atoms with Crippen LogP contribution >= 0.6 is 0 Å². The number of ketones is 1. The maximum Gasteiger partial charge on any atom is 0.307 e. The van der Waals surface area contributed by atoms with Gasteiger partial charge in [-0.3, -0.25) is 9.59 Å². The lowest BCUT2D eigenvalue weighted by Crippen LogP contribution is -2.40. The Morgan fingerprint density at radius 3 is 2.65 bits per heavy atom. The summed E-state index contributed by atoms with van der Waals surface area (Å²) in [5.41, 5.74) is 0.0187. The molecule has 0 radical (unpaired) electrons. The average molecular weight is 236 g/mol. The van der Waals surface area contributed by atoms with E-state index in [2.05, 4.69) is 13.8 Å². The molecule has 2 bridgehead atoms. The smallest absolute Gasteiger partial charge is 0.307 e. The number of aliphatic carboxylic acids is 1. The molecule has 1 N–H and O–H groups in total. The van der Waals surface area contributed by atoms with E-state index in [0.717, 1.165) is 19.3 Å². The number of carboxylic acid groups (broad SMARTS) is 1. The monoisotopic (exact) mass is 236 g/mol. The van der Waals surface area contributed by atoms with E-state index < -0.39 is 5.97 Å². The lowest BCUT2D eigenvalue weighted by Gasteiger charge is -2.40. The SMILES string of the molecule is CC1(C)CC23CC(=O)CC2C1CCC3C(=O)O. The van der Waals surface area contributed by atoms with Crippen LogP contribution in [0.3, 0.4) is 0 Å². The van der Waals surface area contributed by atoms with E-state index in [0.29, 0.717) is 30.5 Å². The highest BCUT2D eigenvalue weighted by Crippen LogP contribution is 2.70. The van der Waals surface area contributed by atoms with Crippen molar-refractivity contribution in [3.05, 3.63) is 0 Å². The van der Waals surface area contributed by atoms with Crippen LogP contribution < -0.4 is 0 Å². The van der Waals surface area contributed by atoms with E-state index in [4.69, 9.17) is 0 Å². The molecule has 0 amide bonds. The molecule has 3 aliphatic carbocycles. The predicted molar refractivity (Wildman–Crippen MR) is 62.4 cm³/mol. The van der Waals surface area contributed by atoms with E-state index in [1.165, 1.54) is 0 Å². The largest absolute Gasteiger partial charge is 0.481 e. The van der Waals surface area contributed by atoms with Crippen molar-refractivity contribution in [3.8, 4) is 0 Å². The highest BCUT2D eigenvalue weighted by atomic mass is 16.4. The van der Waals surface area contributed by atoms with Gasteiger partial charge < -0.3 is 5.11 Å². The summed E-state index contributed by atoms with van der Waals surface area (Å²) in [6, 6.07) is 0. The van der Waals surface area contributed by atoms with Gasteiger partial charge in [-0.05, 0) is 41.9 Å². The molecule has 94 valence electrons. The lowest BCUT2D eigenvalue weighted by molar-refractivity contribution is -0.149. The Labute approximate surface area is 102 Å². The topological polar surface area (TPSA) is 54.4 Å². The summed E-state index contributed by atoms with van der Waals surface area (Å²) >= 11 is 0. The second-order valence-corrected chi connectivity index (χ2v) is 7.00. The van der Waals surface area contributed by atoms with Crippen molar-refractivity contribution in [3.63, 3.8) is 0 Å². The number of carbonyl (C=O) groups excluding carboxylic acids is 1. The van der Waals surface area contributed by atoms with Crippen molar-refractivity contribution in [2.24, 2.45) is 28.6 Å². The molecular weight excluding hydrogens is 216 g/mol. The molecule has 3 saturated carbocycles. The molecule has 17 heavy (non-hydrogen) atoms. The van der Waals surface area contributed by atoms with Gasteiger partial charge in [0.05, 0.1) is 5.92 Å². The predicted octanol–water partition coefficient (Wildman–Crippen LogP) is 2.49. The zero-order chi connectivity index (χ0) is 12.4. The lowest BCUT2D eigenvalue weighted by atomic mass is 9.62. The van der Waals surface area contributed by atoms with Crippen molar-refractivity contribution in [2.45, 2.75) is 46.0 Å². The standard InChI is InChI=1S/C14H20O3/c1-13(2)7-14-6-8(15)5-11(14)9(13)3-4-10(14)12(16)17/h9-11H,3-7H2,1-2H3,(H,16,17). The molecule has 0 aromatic heterocycles. The van der Waals surface area contributed by atoms with E-state index in [1.54, 1.807) is 0 Å². The fraction of sp³-hybridized carbons (Fsp3) is 0.857. The van der Waals surface area contributed by atoms with Crippen LogP contribution in [-0.2, 0) is 9.59 Å².